The van der Waals surface area contributed by atoms with Crippen LogP contribution in [0.1, 0.15) is 85.0 Å². The van der Waals surface area contributed by atoms with E-state index in [4.69, 9.17) is 18.9 Å². The van der Waals surface area contributed by atoms with Gasteiger partial charge in [-0.2, -0.15) is 0 Å². The molecule has 0 amide bonds. The van der Waals surface area contributed by atoms with Crippen molar-refractivity contribution in [2.45, 2.75) is 96.9 Å². The molecule has 5 heteroatoms. The van der Waals surface area contributed by atoms with Crippen molar-refractivity contribution in [2.24, 2.45) is 46.3 Å². The summed E-state index contributed by atoms with van der Waals surface area (Å²) in [6, 6.07) is 0. The first-order valence-electron chi connectivity index (χ1n) is 13.9. The summed E-state index contributed by atoms with van der Waals surface area (Å²) < 4.78 is 24.3. The Hall–Kier alpha value is -0.200. The number of hydrogen-bond donors (Lipinski definition) is 1. The molecule has 0 bridgehead atoms. The fourth-order valence-corrected chi connectivity index (χ4v) is 9.82. The molecule has 5 aliphatic rings. The first kappa shape index (κ1) is 24.5. The van der Waals surface area contributed by atoms with Gasteiger partial charge in [-0.15, -0.1) is 0 Å². The molecule has 33 heavy (non-hydrogen) atoms. The third-order valence-electron chi connectivity index (χ3n) is 11.5. The Bertz CT molecular complexity index is 677. The molecule has 0 aromatic heterocycles. The second-order valence-electron chi connectivity index (χ2n) is 12.7. The van der Waals surface area contributed by atoms with Crippen LogP contribution in [0.15, 0.2) is 0 Å². The van der Waals surface area contributed by atoms with Crippen LogP contribution in [-0.4, -0.2) is 50.7 Å². The Balaban J connectivity index is 1.41. The number of fused-ring (bicyclic) bond motifs is 5. The van der Waals surface area contributed by atoms with Crippen molar-refractivity contribution in [3.63, 3.8) is 0 Å². The molecule has 1 aliphatic heterocycles. The summed E-state index contributed by atoms with van der Waals surface area (Å²) in [5.74, 6) is 3.84. The molecule has 5 fully saturated rings. The highest BCUT2D eigenvalue weighted by molar-refractivity contribution is 5.13. The summed E-state index contributed by atoms with van der Waals surface area (Å²) in [5, 5.41) is 9.39. The van der Waals surface area contributed by atoms with E-state index in [0.29, 0.717) is 42.0 Å². The third-order valence-corrected chi connectivity index (χ3v) is 11.5. The largest absolute Gasteiger partial charge is 0.396 e. The summed E-state index contributed by atoms with van der Waals surface area (Å²) >= 11 is 0. The first-order chi connectivity index (χ1) is 15.9. The highest BCUT2D eigenvalue weighted by Crippen LogP contribution is 2.69. The van der Waals surface area contributed by atoms with E-state index in [1.165, 1.54) is 32.1 Å². The Morgan fingerprint density at radius 1 is 1.00 bits per heavy atom. The maximum absolute atomic E-state index is 9.39. The van der Waals surface area contributed by atoms with Crippen LogP contribution in [-0.2, 0) is 18.9 Å². The smallest absolute Gasteiger partial charge is 0.168 e. The lowest BCUT2D eigenvalue weighted by Crippen LogP contribution is -2.60. The van der Waals surface area contributed by atoms with Crippen LogP contribution in [0.5, 0.6) is 0 Å². The van der Waals surface area contributed by atoms with Crippen LogP contribution in [0.4, 0.5) is 0 Å². The minimum atomic E-state index is -0.327. The Labute approximate surface area is 201 Å². The van der Waals surface area contributed by atoms with Crippen molar-refractivity contribution < 1.29 is 24.1 Å². The van der Waals surface area contributed by atoms with Gasteiger partial charge in [0.2, 0.25) is 0 Å². The van der Waals surface area contributed by atoms with Gasteiger partial charge in [0, 0.05) is 26.6 Å². The Morgan fingerprint density at radius 2 is 1.76 bits per heavy atom. The summed E-state index contributed by atoms with van der Waals surface area (Å²) in [4.78, 5) is 0. The average Bonchev–Trinajstić information content (AvgIpc) is 3.41. The lowest BCUT2D eigenvalue weighted by molar-refractivity contribution is -0.253. The van der Waals surface area contributed by atoms with Crippen molar-refractivity contribution in [2.75, 3.05) is 33.7 Å². The number of rotatable bonds is 7. The maximum atomic E-state index is 9.39. The van der Waals surface area contributed by atoms with Gasteiger partial charge in [-0.05, 0) is 97.7 Å². The van der Waals surface area contributed by atoms with E-state index in [1.54, 1.807) is 7.11 Å². The van der Waals surface area contributed by atoms with Crippen LogP contribution in [0.2, 0.25) is 0 Å². The molecule has 4 aliphatic carbocycles. The molecule has 1 saturated heterocycles. The summed E-state index contributed by atoms with van der Waals surface area (Å²) in [5.41, 5.74) is 0.765. The van der Waals surface area contributed by atoms with E-state index in [0.717, 1.165) is 63.1 Å². The minimum absolute atomic E-state index is 0.278. The molecule has 0 radical (unpaired) electrons. The van der Waals surface area contributed by atoms with Crippen molar-refractivity contribution in [3.05, 3.63) is 0 Å². The zero-order valence-electron chi connectivity index (χ0n) is 21.5. The maximum Gasteiger partial charge on any atom is 0.168 e. The van der Waals surface area contributed by atoms with Crippen LogP contribution in [0, 0.1) is 46.3 Å². The number of aliphatic hydroxyl groups excluding tert-OH is 1. The Kier molecular flexibility index (Phi) is 6.94. The molecule has 190 valence electrons. The van der Waals surface area contributed by atoms with E-state index in [-0.39, 0.29) is 11.9 Å². The molecule has 1 N–H and O–H groups in total. The lowest BCUT2D eigenvalue weighted by Gasteiger charge is -2.63. The zero-order chi connectivity index (χ0) is 23.3. The predicted molar refractivity (Wildman–Crippen MR) is 127 cm³/mol. The van der Waals surface area contributed by atoms with Gasteiger partial charge >= 0.3 is 0 Å². The SMILES string of the molecule is COCO[C@@H]1C[C@H]2CC3(CC[C@]2(C)[C@H]2CC[C@]4(C)[C@@H]([C@H](C)CCCO)CC[C@H]4[C@H]12)OCCO3. The van der Waals surface area contributed by atoms with Crippen LogP contribution in [0.3, 0.4) is 0 Å². The van der Waals surface area contributed by atoms with Crippen molar-refractivity contribution in [3.8, 4) is 0 Å². The molecule has 5 nitrogen and oxygen atoms in total. The van der Waals surface area contributed by atoms with Gasteiger partial charge in [-0.1, -0.05) is 20.8 Å². The van der Waals surface area contributed by atoms with Gasteiger partial charge in [-0.3, -0.25) is 0 Å². The number of methoxy groups -OCH3 is 1. The van der Waals surface area contributed by atoms with Crippen LogP contribution >= 0.6 is 0 Å². The van der Waals surface area contributed by atoms with E-state index in [9.17, 15) is 5.11 Å². The highest BCUT2D eigenvalue weighted by atomic mass is 16.7. The molecule has 5 rings (SSSR count). The fraction of sp³-hybridized carbons (Fsp3) is 1.00. The fourth-order valence-electron chi connectivity index (χ4n) is 9.82. The second-order valence-corrected chi connectivity index (χ2v) is 12.7. The molecular weight excluding hydrogens is 416 g/mol. The van der Waals surface area contributed by atoms with Gasteiger partial charge < -0.3 is 24.1 Å². The Morgan fingerprint density at radius 3 is 2.48 bits per heavy atom. The standard InChI is InChI=1S/C28H48O5/c1-19(6-5-13-29)21-7-8-22-25-23(9-10-27(21,22)3)26(2)11-12-28(32-14-15-33-28)17-20(26)16-24(25)31-18-30-4/h19-25,29H,5-18H2,1-4H3/t19-,20+,21-,22+,23+,24-,25+,26+,27-/m1/s1. The molecule has 4 saturated carbocycles. The minimum Gasteiger partial charge on any atom is -0.396 e. The van der Waals surface area contributed by atoms with Crippen molar-refractivity contribution in [1.29, 1.82) is 0 Å². The van der Waals surface area contributed by atoms with Gasteiger partial charge in [0.15, 0.2) is 5.79 Å². The van der Waals surface area contributed by atoms with Crippen molar-refractivity contribution >= 4 is 0 Å². The summed E-state index contributed by atoms with van der Waals surface area (Å²) in [7, 11) is 1.75. The van der Waals surface area contributed by atoms with E-state index in [2.05, 4.69) is 20.8 Å². The second kappa shape index (κ2) is 9.35. The highest BCUT2D eigenvalue weighted by Gasteiger charge is 2.65. The molecule has 1 heterocycles. The number of aliphatic hydroxyl groups is 1. The van der Waals surface area contributed by atoms with E-state index < -0.39 is 0 Å². The number of ether oxygens (including phenoxy) is 4. The summed E-state index contributed by atoms with van der Waals surface area (Å²) in [6.07, 6.45) is 12.2. The zero-order valence-corrected chi connectivity index (χ0v) is 21.5. The van der Waals surface area contributed by atoms with E-state index >= 15 is 0 Å². The molecule has 9 atom stereocenters. The lowest BCUT2D eigenvalue weighted by atomic mass is 9.43. The van der Waals surface area contributed by atoms with Gasteiger partial charge in [0.25, 0.3) is 0 Å². The topological polar surface area (TPSA) is 57.2 Å². The molecule has 1 spiro atoms. The first-order valence-corrected chi connectivity index (χ1v) is 13.9. The van der Waals surface area contributed by atoms with Crippen LogP contribution < -0.4 is 0 Å². The average molecular weight is 465 g/mol. The molecule has 0 aromatic carbocycles. The van der Waals surface area contributed by atoms with Gasteiger partial charge in [0.1, 0.15) is 6.79 Å². The molecular formula is C28H48O5. The van der Waals surface area contributed by atoms with Gasteiger partial charge in [0.05, 0.1) is 19.3 Å². The van der Waals surface area contributed by atoms with Gasteiger partial charge in [-0.25, -0.2) is 0 Å². The third kappa shape index (κ3) is 4.02. The quantitative estimate of drug-likeness (QED) is 0.512. The molecule has 0 unspecified atom stereocenters. The van der Waals surface area contributed by atoms with Crippen LogP contribution in [0.25, 0.3) is 0 Å². The normalized spacial score (nSPS) is 47.2. The molecule has 0 aromatic rings. The summed E-state index contributed by atoms with van der Waals surface area (Å²) in [6.45, 7) is 9.87. The predicted octanol–water partition coefficient (Wildman–Crippen LogP) is 5.40. The monoisotopic (exact) mass is 464 g/mol. The number of hydrogen-bond acceptors (Lipinski definition) is 5. The van der Waals surface area contributed by atoms with E-state index in [1.807, 2.05) is 0 Å². The van der Waals surface area contributed by atoms with Crippen molar-refractivity contribution in [1.82, 2.24) is 0 Å².